The van der Waals surface area contributed by atoms with Crippen LogP contribution in [0.2, 0.25) is 0 Å². The lowest BCUT2D eigenvalue weighted by molar-refractivity contribution is 0.139. The molecule has 1 unspecified atom stereocenters. The van der Waals surface area contributed by atoms with Crippen LogP contribution in [0.1, 0.15) is 43.8 Å². The van der Waals surface area contributed by atoms with Crippen LogP contribution in [0.4, 0.5) is 0 Å². The Morgan fingerprint density at radius 3 is 2.88 bits per heavy atom. The van der Waals surface area contributed by atoms with Crippen molar-refractivity contribution >= 4 is 0 Å². The molecule has 0 aliphatic heterocycles. The Labute approximate surface area is 102 Å². The van der Waals surface area contributed by atoms with E-state index >= 15 is 0 Å². The second kappa shape index (κ2) is 6.12. The van der Waals surface area contributed by atoms with Crippen molar-refractivity contribution in [2.45, 2.75) is 51.7 Å². The van der Waals surface area contributed by atoms with E-state index in [1.165, 1.54) is 25.7 Å². The van der Waals surface area contributed by atoms with Crippen LogP contribution >= 0.6 is 0 Å². The Kier molecular flexibility index (Phi) is 4.50. The van der Waals surface area contributed by atoms with Crippen molar-refractivity contribution in [2.24, 2.45) is 5.92 Å². The van der Waals surface area contributed by atoms with E-state index < -0.39 is 0 Å². The first-order valence-corrected chi connectivity index (χ1v) is 6.42. The predicted octanol–water partition coefficient (Wildman–Crippen LogP) is 1.41. The highest BCUT2D eigenvalue weighted by molar-refractivity contribution is 4.82. The molecule has 1 saturated carbocycles. The molecule has 2 rings (SSSR count). The van der Waals surface area contributed by atoms with Crippen molar-refractivity contribution in [2.75, 3.05) is 6.54 Å². The van der Waals surface area contributed by atoms with Crippen LogP contribution in [0.3, 0.4) is 0 Å². The number of hydrogen-bond donors (Lipinski definition) is 2. The summed E-state index contributed by atoms with van der Waals surface area (Å²) in [6, 6.07) is 0. The third-order valence-electron chi connectivity index (χ3n) is 3.31. The summed E-state index contributed by atoms with van der Waals surface area (Å²) in [6.07, 6.45) is 5.86. The number of nitrogens with one attached hydrogen (secondary N) is 1. The van der Waals surface area contributed by atoms with Crippen LogP contribution < -0.4 is 5.32 Å². The topological polar surface area (TPSA) is 71.2 Å². The normalized spacial score (nSPS) is 18.7. The maximum absolute atomic E-state index is 9.86. The van der Waals surface area contributed by atoms with E-state index in [0.29, 0.717) is 24.8 Å². The van der Waals surface area contributed by atoms with Crippen molar-refractivity contribution in [3.8, 4) is 0 Å². The highest BCUT2D eigenvalue weighted by atomic mass is 16.5. The van der Waals surface area contributed by atoms with Gasteiger partial charge in [0.25, 0.3) is 0 Å². The molecule has 1 aromatic heterocycles. The summed E-state index contributed by atoms with van der Waals surface area (Å²) < 4.78 is 4.97. The second-order valence-corrected chi connectivity index (χ2v) is 4.91. The molecule has 0 radical (unpaired) electrons. The summed E-state index contributed by atoms with van der Waals surface area (Å²) in [5, 5.41) is 16.7. The summed E-state index contributed by atoms with van der Waals surface area (Å²) in [7, 11) is 0. The van der Waals surface area contributed by atoms with Gasteiger partial charge in [0.15, 0.2) is 5.82 Å². The number of aliphatic hydroxyl groups excluding tert-OH is 1. The molecule has 1 heterocycles. The van der Waals surface area contributed by atoms with Gasteiger partial charge in [-0.3, -0.25) is 0 Å². The lowest BCUT2D eigenvalue weighted by Gasteiger charge is -2.15. The number of aromatic nitrogens is 2. The lowest BCUT2D eigenvalue weighted by atomic mass is 10.0. The molecule has 5 heteroatoms. The zero-order valence-electron chi connectivity index (χ0n) is 10.4. The van der Waals surface area contributed by atoms with Gasteiger partial charge < -0.3 is 14.9 Å². The van der Waals surface area contributed by atoms with Crippen molar-refractivity contribution in [3.63, 3.8) is 0 Å². The molecular formula is C12H21N3O2. The Hall–Kier alpha value is -0.940. The zero-order valence-corrected chi connectivity index (χ0v) is 10.4. The minimum Gasteiger partial charge on any atom is -0.392 e. The minimum atomic E-state index is -0.262. The average molecular weight is 239 g/mol. The largest absolute Gasteiger partial charge is 0.392 e. The van der Waals surface area contributed by atoms with Crippen molar-refractivity contribution < 1.29 is 9.63 Å². The zero-order chi connectivity index (χ0) is 12.1. The maximum atomic E-state index is 9.86. The first-order chi connectivity index (χ1) is 8.24. The Bertz CT molecular complexity index is 334. The van der Waals surface area contributed by atoms with E-state index in [4.69, 9.17) is 4.52 Å². The quantitative estimate of drug-likeness (QED) is 0.785. The number of rotatable bonds is 6. The molecule has 2 N–H and O–H groups in total. The van der Waals surface area contributed by atoms with Crippen molar-refractivity contribution in [1.29, 1.82) is 0 Å². The van der Waals surface area contributed by atoms with Crippen LogP contribution in [0.25, 0.3) is 0 Å². The fourth-order valence-corrected chi connectivity index (χ4v) is 2.47. The van der Waals surface area contributed by atoms with Crippen LogP contribution in [0.5, 0.6) is 0 Å². The first-order valence-electron chi connectivity index (χ1n) is 6.42. The molecule has 96 valence electrons. The van der Waals surface area contributed by atoms with E-state index in [2.05, 4.69) is 15.5 Å². The van der Waals surface area contributed by atoms with Gasteiger partial charge in [-0.15, -0.1) is 0 Å². The van der Waals surface area contributed by atoms with Gasteiger partial charge in [0.1, 0.15) is 0 Å². The Balaban J connectivity index is 1.60. The van der Waals surface area contributed by atoms with E-state index in [1.807, 2.05) is 0 Å². The van der Waals surface area contributed by atoms with Crippen molar-refractivity contribution in [1.82, 2.24) is 15.5 Å². The summed E-state index contributed by atoms with van der Waals surface area (Å²) in [5.41, 5.74) is 0. The standard InChI is InChI=1S/C12H21N3O2/c1-9-14-12(17-15-9)8-13-7-11(16)6-10-4-2-3-5-10/h10-11,13,16H,2-8H2,1H3. The summed E-state index contributed by atoms with van der Waals surface area (Å²) >= 11 is 0. The molecule has 1 fully saturated rings. The van der Waals surface area contributed by atoms with Gasteiger partial charge in [-0.25, -0.2) is 0 Å². The first kappa shape index (κ1) is 12.5. The maximum Gasteiger partial charge on any atom is 0.240 e. The summed E-state index contributed by atoms with van der Waals surface area (Å²) in [6.45, 7) is 2.92. The minimum absolute atomic E-state index is 0.262. The molecule has 0 spiro atoms. The molecule has 1 aromatic rings. The third-order valence-corrected chi connectivity index (χ3v) is 3.31. The highest BCUT2D eigenvalue weighted by Crippen LogP contribution is 2.28. The van der Waals surface area contributed by atoms with Crippen LogP contribution in [-0.2, 0) is 6.54 Å². The van der Waals surface area contributed by atoms with Gasteiger partial charge in [0, 0.05) is 6.54 Å². The number of aliphatic hydroxyl groups is 1. The number of nitrogens with zero attached hydrogens (tertiary/aromatic N) is 2. The average Bonchev–Trinajstić information content (AvgIpc) is 2.90. The van der Waals surface area contributed by atoms with Gasteiger partial charge in [0.05, 0.1) is 12.6 Å². The van der Waals surface area contributed by atoms with Crippen molar-refractivity contribution in [3.05, 3.63) is 11.7 Å². The van der Waals surface area contributed by atoms with E-state index in [-0.39, 0.29) is 6.10 Å². The van der Waals surface area contributed by atoms with Gasteiger partial charge >= 0.3 is 0 Å². The molecule has 1 aliphatic carbocycles. The predicted molar refractivity (Wildman–Crippen MR) is 63.3 cm³/mol. The summed E-state index contributed by atoms with van der Waals surface area (Å²) in [4.78, 5) is 4.09. The lowest BCUT2D eigenvalue weighted by Crippen LogP contribution is -2.28. The second-order valence-electron chi connectivity index (χ2n) is 4.91. The van der Waals surface area contributed by atoms with Crippen LogP contribution in [0.15, 0.2) is 4.52 Å². The van der Waals surface area contributed by atoms with E-state index in [0.717, 1.165) is 12.3 Å². The molecule has 17 heavy (non-hydrogen) atoms. The molecule has 1 atom stereocenters. The van der Waals surface area contributed by atoms with E-state index in [9.17, 15) is 5.11 Å². The molecule has 1 aliphatic rings. The molecule has 0 saturated heterocycles. The molecule has 0 aromatic carbocycles. The van der Waals surface area contributed by atoms with Gasteiger partial charge in [-0.1, -0.05) is 30.8 Å². The van der Waals surface area contributed by atoms with Gasteiger partial charge in [0.2, 0.25) is 5.89 Å². The van der Waals surface area contributed by atoms with Gasteiger partial charge in [-0.2, -0.15) is 4.98 Å². The SMILES string of the molecule is Cc1noc(CNCC(O)CC2CCCC2)n1. The molecule has 0 bridgehead atoms. The number of hydrogen-bond acceptors (Lipinski definition) is 5. The number of aryl methyl sites for hydroxylation is 1. The fourth-order valence-electron chi connectivity index (χ4n) is 2.47. The fraction of sp³-hybridized carbons (Fsp3) is 0.833. The summed E-state index contributed by atoms with van der Waals surface area (Å²) in [5.74, 6) is 1.95. The monoisotopic (exact) mass is 239 g/mol. The Morgan fingerprint density at radius 1 is 1.47 bits per heavy atom. The molecular weight excluding hydrogens is 218 g/mol. The Morgan fingerprint density at radius 2 is 2.24 bits per heavy atom. The van der Waals surface area contributed by atoms with Crippen LogP contribution in [-0.4, -0.2) is 27.9 Å². The molecule has 5 nitrogen and oxygen atoms in total. The van der Waals surface area contributed by atoms with Crippen LogP contribution in [0, 0.1) is 12.8 Å². The van der Waals surface area contributed by atoms with E-state index in [1.54, 1.807) is 6.92 Å². The molecule has 0 amide bonds. The third kappa shape index (κ3) is 4.09. The highest BCUT2D eigenvalue weighted by Gasteiger charge is 2.18. The smallest absolute Gasteiger partial charge is 0.240 e. The van der Waals surface area contributed by atoms with Gasteiger partial charge in [-0.05, 0) is 19.3 Å².